The number of amides is 2. The minimum atomic E-state index is -0.587. The number of benzene rings is 1. The maximum Gasteiger partial charge on any atom is 0.227 e. The highest BCUT2D eigenvalue weighted by Gasteiger charge is 2.38. The van der Waals surface area contributed by atoms with Crippen LogP contribution < -0.4 is 10.6 Å². The van der Waals surface area contributed by atoms with E-state index in [1.807, 2.05) is 24.3 Å². The van der Waals surface area contributed by atoms with Crippen LogP contribution in [0, 0.1) is 5.92 Å². The first kappa shape index (κ1) is 24.9. The van der Waals surface area contributed by atoms with Crippen LogP contribution in [-0.4, -0.2) is 31.9 Å². The molecule has 0 spiro atoms. The van der Waals surface area contributed by atoms with Crippen LogP contribution >= 0.6 is 0 Å². The number of imidazole rings is 1. The molecule has 1 fully saturated rings. The average Bonchev–Trinajstić information content (AvgIpc) is 3.40. The lowest BCUT2D eigenvalue weighted by molar-refractivity contribution is -0.122. The van der Waals surface area contributed by atoms with E-state index in [1.54, 1.807) is 0 Å². The Bertz CT molecular complexity index is 1110. The first-order valence-corrected chi connectivity index (χ1v) is 12.7. The molecular formula is C26H36N6O3. The van der Waals surface area contributed by atoms with Crippen LogP contribution in [0.15, 0.2) is 28.8 Å². The van der Waals surface area contributed by atoms with E-state index in [4.69, 9.17) is 4.52 Å². The molecule has 0 radical (unpaired) electrons. The van der Waals surface area contributed by atoms with Crippen molar-refractivity contribution in [2.45, 2.75) is 90.1 Å². The van der Waals surface area contributed by atoms with Gasteiger partial charge in [-0.3, -0.25) is 9.59 Å². The number of nitrogens with one attached hydrogen (secondary N) is 3. The number of carbonyl (C=O) groups is 2. The van der Waals surface area contributed by atoms with Crippen molar-refractivity contribution in [3.8, 4) is 0 Å². The highest BCUT2D eigenvalue weighted by Crippen LogP contribution is 2.34. The molecule has 9 heteroatoms. The standard InChI is InChI=1S/C26H36N6O3/c1-17(2)16-21(24-28-19-10-6-7-11-20(19)29-24)27-22(34)12-13-23-30-25(32-35-23)26(31-18(3)33)14-8-4-5-9-15-26/h6-7,10-11,17,21H,4-5,8-9,12-16H2,1-3H3,(H,27,34)(H,28,29)(H,31,33). The number of para-hydroxylation sites is 2. The van der Waals surface area contributed by atoms with E-state index in [-0.39, 0.29) is 24.3 Å². The smallest absolute Gasteiger partial charge is 0.227 e. The van der Waals surface area contributed by atoms with Gasteiger partial charge in [0.15, 0.2) is 5.82 Å². The van der Waals surface area contributed by atoms with Gasteiger partial charge >= 0.3 is 0 Å². The first-order valence-electron chi connectivity index (χ1n) is 12.7. The van der Waals surface area contributed by atoms with Crippen molar-refractivity contribution in [1.29, 1.82) is 0 Å². The van der Waals surface area contributed by atoms with E-state index in [2.05, 4.69) is 44.6 Å². The van der Waals surface area contributed by atoms with Crippen LogP contribution in [0.4, 0.5) is 0 Å². The Kier molecular flexibility index (Phi) is 7.83. The molecule has 9 nitrogen and oxygen atoms in total. The molecule has 3 N–H and O–H groups in total. The molecule has 1 unspecified atom stereocenters. The van der Waals surface area contributed by atoms with Crippen molar-refractivity contribution in [3.63, 3.8) is 0 Å². The molecule has 1 saturated carbocycles. The van der Waals surface area contributed by atoms with Crippen molar-refractivity contribution in [1.82, 2.24) is 30.7 Å². The van der Waals surface area contributed by atoms with E-state index in [9.17, 15) is 9.59 Å². The maximum atomic E-state index is 12.9. The lowest BCUT2D eigenvalue weighted by Crippen LogP contribution is -2.45. The van der Waals surface area contributed by atoms with Crippen LogP contribution in [0.1, 0.15) is 95.7 Å². The second-order valence-corrected chi connectivity index (χ2v) is 10.1. The molecule has 2 heterocycles. The van der Waals surface area contributed by atoms with Crippen LogP contribution in [-0.2, 0) is 21.5 Å². The van der Waals surface area contributed by atoms with Crippen molar-refractivity contribution < 1.29 is 14.1 Å². The van der Waals surface area contributed by atoms with Gasteiger partial charge in [0.25, 0.3) is 0 Å². The number of nitrogens with zero attached hydrogens (tertiary/aromatic N) is 3. The summed E-state index contributed by atoms with van der Waals surface area (Å²) < 4.78 is 5.50. The summed E-state index contributed by atoms with van der Waals surface area (Å²) in [6, 6.07) is 7.65. The van der Waals surface area contributed by atoms with Gasteiger partial charge in [0.2, 0.25) is 17.7 Å². The van der Waals surface area contributed by atoms with Crippen molar-refractivity contribution >= 4 is 22.8 Å². The molecule has 1 aromatic carbocycles. The summed E-state index contributed by atoms with van der Waals surface area (Å²) in [5.74, 6) is 1.88. The van der Waals surface area contributed by atoms with Crippen LogP contribution in [0.5, 0.6) is 0 Å². The zero-order valence-corrected chi connectivity index (χ0v) is 20.9. The van der Waals surface area contributed by atoms with Gasteiger partial charge < -0.3 is 20.1 Å². The topological polar surface area (TPSA) is 126 Å². The van der Waals surface area contributed by atoms with E-state index < -0.39 is 5.54 Å². The summed E-state index contributed by atoms with van der Waals surface area (Å²) in [5.41, 5.74) is 1.25. The number of fused-ring (bicyclic) bond motifs is 1. The van der Waals surface area contributed by atoms with Crippen molar-refractivity contribution in [3.05, 3.63) is 41.8 Å². The molecule has 0 aliphatic heterocycles. The minimum Gasteiger partial charge on any atom is -0.346 e. The highest BCUT2D eigenvalue weighted by molar-refractivity contribution is 5.77. The predicted octanol–water partition coefficient (Wildman–Crippen LogP) is 4.47. The maximum absolute atomic E-state index is 12.9. The molecule has 3 aromatic rings. The summed E-state index contributed by atoms with van der Waals surface area (Å²) >= 11 is 0. The fourth-order valence-corrected chi connectivity index (χ4v) is 4.96. The summed E-state index contributed by atoms with van der Waals surface area (Å²) in [7, 11) is 0. The van der Waals surface area contributed by atoms with Gasteiger partial charge in [0.1, 0.15) is 11.4 Å². The Balaban J connectivity index is 1.41. The molecule has 2 aromatic heterocycles. The fraction of sp³-hybridized carbons (Fsp3) is 0.577. The van der Waals surface area contributed by atoms with Crippen LogP contribution in [0.3, 0.4) is 0 Å². The number of aryl methyl sites for hydroxylation is 1. The number of rotatable bonds is 9. The third kappa shape index (κ3) is 6.26. The molecule has 4 rings (SSSR count). The molecular weight excluding hydrogens is 444 g/mol. The average molecular weight is 481 g/mol. The second-order valence-electron chi connectivity index (χ2n) is 10.1. The third-order valence-electron chi connectivity index (χ3n) is 6.61. The number of aromatic nitrogens is 4. The third-order valence-corrected chi connectivity index (χ3v) is 6.61. The van der Waals surface area contributed by atoms with Gasteiger partial charge in [-0.1, -0.05) is 56.8 Å². The highest BCUT2D eigenvalue weighted by atomic mass is 16.5. The monoisotopic (exact) mass is 480 g/mol. The number of aromatic amines is 1. The van der Waals surface area contributed by atoms with Gasteiger partial charge in [-0.25, -0.2) is 4.98 Å². The Morgan fingerprint density at radius 3 is 2.54 bits per heavy atom. The summed E-state index contributed by atoms with van der Waals surface area (Å²) in [4.78, 5) is 37.4. The first-order chi connectivity index (χ1) is 16.8. The number of hydrogen-bond donors (Lipinski definition) is 3. The summed E-state index contributed by atoms with van der Waals surface area (Å²) in [6.07, 6.45) is 7.20. The SMILES string of the molecule is CC(=O)NC1(c2noc(CCC(=O)NC(CC(C)C)c3nc4ccccc4[nH]3)n2)CCCCCC1. The lowest BCUT2D eigenvalue weighted by atomic mass is 9.89. The molecule has 1 aliphatic carbocycles. The Labute approximate surface area is 205 Å². The largest absolute Gasteiger partial charge is 0.346 e. The van der Waals surface area contributed by atoms with Gasteiger partial charge in [-0.05, 0) is 37.3 Å². The quantitative estimate of drug-likeness (QED) is 0.388. The van der Waals surface area contributed by atoms with Crippen LogP contribution in [0.25, 0.3) is 11.0 Å². The fourth-order valence-electron chi connectivity index (χ4n) is 4.96. The van der Waals surface area contributed by atoms with Gasteiger partial charge in [0, 0.05) is 19.8 Å². The number of hydrogen-bond acceptors (Lipinski definition) is 6. The van der Waals surface area contributed by atoms with E-state index in [0.29, 0.717) is 24.1 Å². The van der Waals surface area contributed by atoms with Crippen molar-refractivity contribution in [2.24, 2.45) is 5.92 Å². The second kappa shape index (κ2) is 11.0. The van der Waals surface area contributed by atoms with Gasteiger partial charge in [-0.15, -0.1) is 0 Å². The van der Waals surface area contributed by atoms with Gasteiger partial charge in [0.05, 0.1) is 17.1 Å². The molecule has 35 heavy (non-hydrogen) atoms. The molecule has 188 valence electrons. The zero-order chi connectivity index (χ0) is 24.8. The van der Waals surface area contributed by atoms with E-state index in [0.717, 1.165) is 61.8 Å². The van der Waals surface area contributed by atoms with E-state index in [1.165, 1.54) is 6.92 Å². The lowest BCUT2D eigenvalue weighted by Gasteiger charge is -2.30. The zero-order valence-electron chi connectivity index (χ0n) is 20.9. The molecule has 1 atom stereocenters. The molecule has 1 aliphatic rings. The Morgan fingerprint density at radius 2 is 1.86 bits per heavy atom. The number of H-pyrrole nitrogens is 1. The summed E-state index contributed by atoms with van der Waals surface area (Å²) in [5, 5.41) is 10.4. The predicted molar refractivity (Wildman–Crippen MR) is 132 cm³/mol. The molecule has 2 amide bonds. The minimum absolute atomic E-state index is 0.0955. The molecule has 0 bridgehead atoms. The Hall–Kier alpha value is -3.23. The molecule has 0 saturated heterocycles. The van der Waals surface area contributed by atoms with Crippen molar-refractivity contribution in [2.75, 3.05) is 0 Å². The Morgan fingerprint density at radius 1 is 1.11 bits per heavy atom. The normalized spacial score (nSPS) is 16.7. The van der Waals surface area contributed by atoms with E-state index >= 15 is 0 Å². The number of carbonyl (C=O) groups excluding carboxylic acids is 2. The van der Waals surface area contributed by atoms with Gasteiger partial charge in [-0.2, -0.15) is 4.98 Å². The summed E-state index contributed by atoms with van der Waals surface area (Å²) in [6.45, 7) is 5.77. The van der Waals surface area contributed by atoms with Crippen LogP contribution in [0.2, 0.25) is 0 Å².